The molecule has 1 fully saturated rings. The minimum atomic E-state index is -3.73. The second-order valence-corrected chi connectivity index (χ2v) is 12.8. The van der Waals surface area contributed by atoms with E-state index in [0.29, 0.717) is 22.2 Å². The number of carbonyl (C=O) groups excluding carboxylic acids is 1. The van der Waals surface area contributed by atoms with Gasteiger partial charge in [0.2, 0.25) is 0 Å². The molecule has 2 heterocycles. The molecule has 0 saturated heterocycles. The number of halogens is 2. The van der Waals surface area contributed by atoms with Crippen molar-refractivity contribution in [2.75, 3.05) is 12.4 Å². The maximum atomic E-state index is 13.8. The molecule has 0 radical (unpaired) electrons. The molecule has 1 amide bonds. The van der Waals surface area contributed by atoms with E-state index in [0.717, 1.165) is 30.6 Å². The van der Waals surface area contributed by atoms with E-state index >= 15 is 0 Å². The number of para-hydroxylation sites is 1. The van der Waals surface area contributed by atoms with Crippen molar-refractivity contribution < 1.29 is 36.6 Å². The molecule has 42 heavy (non-hydrogen) atoms. The molecule has 3 aromatic carbocycles. The van der Waals surface area contributed by atoms with Crippen molar-refractivity contribution in [3.05, 3.63) is 83.2 Å². The van der Waals surface area contributed by atoms with Gasteiger partial charge in [-0.3, -0.25) is 4.79 Å². The van der Waals surface area contributed by atoms with E-state index in [4.69, 9.17) is 9.72 Å². The van der Waals surface area contributed by atoms with Gasteiger partial charge in [0.15, 0.2) is 21.3 Å². The summed E-state index contributed by atoms with van der Waals surface area (Å²) in [4.78, 5) is 18.2. The van der Waals surface area contributed by atoms with Gasteiger partial charge < -0.3 is 24.5 Å². The van der Waals surface area contributed by atoms with Gasteiger partial charge >= 0.3 is 6.29 Å². The third kappa shape index (κ3) is 5.20. The van der Waals surface area contributed by atoms with Crippen molar-refractivity contribution in [1.82, 2.24) is 14.9 Å². The minimum Gasteiger partial charge on any atom is -0.395 e. The lowest BCUT2D eigenvalue weighted by Gasteiger charge is -2.25. The maximum absolute atomic E-state index is 13.8. The summed E-state index contributed by atoms with van der Waals surface area (Å²) in [7, 11) is -3.37. The SMILES string of the molecule is CCS(=O)(=O)c1ccc([C@H](CO)NC(=O)c2ccc3c(c2)nc(C2CCC2)n3Cc2cccc3c2OC(F)(F)O3)cc1. The zero-order chi connectivity index (χ0) is 29.6. The van der Waals surface area contributed by atoms with Crippen molar-refractivity contribution in [3.63, 3.8) is 0 Å². The zero-order valence-corrected chi connectivity index (χ0v) is 23.5. The van der Waals surface area contributed by atoms with Crippen molar-refractivity contribution in [1.29, 1.82) is 0 Å². The summed E-state index contributed by atoms with van der Waals surface area (Å²) in [6.45, 7) is 1.40. The second kappa shape index (κ2) is 10.7. The first-order chi connectivity index (χ1) is 20.1. The molecule has 2 N–H and O–H groups in total. The highest BCUT2D eigenvalue weighted by molar-refractivity contribution is 7.91. The Kier molecular flexibility index (Phi) is 7.14. The third-order valence-electron chi connectivity index (χ3n) is 7.86. The van der Waals surface area contributed by atoms with Crippen LogP contribution in [0.25, 0.3) is 11.0 Å². The minimum absolute atomic E-state index is 0.00437. The first kappa shape index (κ1) is 28.1. The first-order valence-electron chi connectivity index (χ1n) is 13.7. The molecule has 6 rings (SSSR count). The average molecular weight is 598 g/mol. The van der Waals surface area contributed by atoms with Crippen LogP contribution in [-0.2, 0) is 16.4 Å². The molecular formula is C30H29F2N3O6S. The van der Waals surface area contributed by atoms with E-state index in [2.05, 4.69) is 10.1 Å². The summed E-state index contributed by atoms with van der Waals surface area (Å²) < 4.78 is 63.2. The molecule has 1 aliphatic heterocycles. The van der Waals surface area contributed by atoms with Gasteiger partial charge in [0.1, 0.15) is 5.82 Å². The van der Waals surface area contributed by atoms with Crippen LogP contribution in [0.2, 0.25) is 0 Å². The summed E-state index contributed by atoms with van der Waals surface area (Å²) in [6, 6.07) is 15.2. The number of carbonyl (C=O) groups is 1. The van der Waals surface area contributed by atoms with Crippen molar-refractivity contribution in [3.8, 4) is 11.5 Å². The first-order valence-corrected chi connectivity index (χ1v) is 15.4. The molecule has 0 spiro atoms. The van der Waals surface area contributed by atoms with Crippen LogP contribution in [0.15, 0.2) is 65.6 Å². The van der Waals surface area contributed by atoms with Crippen molar-refractivity contribution in [2.24, 2.45) is 0 Å². The number of hydrogen-bond acceptors (Lipinski definition) is 7. The fraction of sp³-hybridized carbons (Fsp3) is 0.333. The molecule has 12 heteroatoms. The number of nitrogens with one attached hydrogen (secondary N) is 1. The summed E-state index contributed by atoms with van der Waals surface area (Å²) in [6.07, 6.45) is -0.745. The molecule has 1 aromatic heterocycles. The summed E-state index contributed by atoms with van der Waals surface area (Å²) in [5.41, 5.74) is 2.73. The molecule has 2 aliphatic rings. The van der Waals surface area contributed by atoms with Crippen LogP contribution in [0, 0.1) is 0 Å². The normalized spacial score (nSPS) is 16.8. The number of hydrogen-bond donors (Lipinski definition) is 2. The number of benzene rings is 3. The Morgan fingerprint density at radius 1 is 1.14 bits per heavy atom. The molecule has 9 nitrogen and oxygen atoms in total. The quantitative estimate of drug-likeness (QED) is 0.281. The Morgan fingerprint density at radius 2 is 1.90 bits per heavy atom. The number of amides is 1. The van der Waals surface area contributed by atoms with E-state index in [1.807, 2.05) is 4.57 Å². The number of aromatic nitrogens is 2. The molecule has 1 atom stereocenters. The Bertz CT molecular complexity index is 1770. The van der Waals surface area contributed by atoms with Gasteiger partial charge in [-0.25, -0.2) is 13.4 Å². The fourth-order valence-corrected chi connectivity index (χ4v) is 6.19. The van der Waals surface area contributed by atoms with E-state index in [1.54, 1.807) is 49.4 Å². The zero-order valence-electron chi connectivity index (χ0n) is 22.7. The summed E-state index contributed by atoms with van der Waals surface area (Å²) in [5.74, 6) is 0.533. The third-order valence-corrected chi connectivity index (χ3v) is 9.61. The van der Waals surface area contributed by atoms with Gasteiger partial charge in [0, 0.05) is 17.0 Å². The predicted octanol–water partition coefficient (Wildman–Crippen LogP) is 4.93. The van der Waals surface area contributed by atoms with Gasteiger partial charge in [-0.2, -0.15) is 0 Å². The van der Waals surface area contributed by atoms with Crippen LogP contribution in [0.5, 0.6) is 11.5 Å². The second-order valence-electron chi connectivity index (χ2n) is 10.5. The van der Waals surface area contributed by atoms with E-state index < -0.39 is 28.1 Å². The molecule has 0 bridgehead atoms. The Labute approximate surface area is 241 Å². The van der Waals surface area contributed by atoms with E-state index in [9.17, 15) is 27.1 Å². The Hall–Kier alpha value is -4.03. The predicted molar refractivity (Wildman–Crippen MR) is 150 cm³/mol. The smallest absolute Gasteiger partial charge is 0.395 e. The lowest BCUT2D eigenvalue weighted by molar-refractivity contribution is -0.286. The van der Waals surface area contributed by atoms with Gasteiger partial charge in [-0.05, 0) is 54.8 Å². The van der Waals surface area contributed by atoms with Crippen LogP contribution in [0.3, 0.4) is 0 Å². The van der Waals surface area contributed by atoms with E-state index in [-0.39, 0.29) is 41.2 Å². The monoisotopic (exact) mass is 597 g/mol. The average Bonchev–Trinajstić information content (AvgIpc) is 3.46. The molecule has 1 saturated carbocycles. The van der Waals surface area contributed by atoms with Crippen LogP contribution >= 0.6 is 0 Å². The number of fused-ring (bicyclic) bond motifs is 2. The number of sulfone groups is 1. The summed E-state index contributed by atoms with van der Waals surface area (Å²) >= 11 is 0. The highest BCUT2D eigenvalue weighted by atomic mass is 32.2. The fourth-order valence-electron chi connectivity index (χ4n) is 5.30. The number of rotatable bonds is 9. The van der Waals surface area contributed by atoms with Crippen LogP contribution in [-0.4, -0.2) is 47.6 Å². The van der Waals surface area contributed by atoms with Crippen molar-refractivity contribution >= 4 is 26.8 Å². The molecule has 0 unspecified atom stereocenters. The van der Waals surface area contributed by atoms with Crippen LogP contribution in [0.1, 0.15) is 65.5 Å². The Morgan fingerprint density at radius 3 is 2.57 bits per heavy atom. The number of aliphatic hydroxyl groups excluding tert-OH is 1. The number of aliphatic hydroxyl groups is 1. The lowest BCUT2D eigenvalue weighted by atomic mass is 9.85. The highest BCUT2D eigenvalue weighted by Crippen LogP contribution is 2.44. The van der Waals surface area contributed by atoms with Crippen LogP contribution in [0.4, 0.5) is 8.78 Å². The largest absolute Gasteiger partial charge is 0.586 e. The number of nitrogens with zero attached hydrogens (tertiary/aromatic N) is 2. The standard InChI is InChI=1S/C30H29F2N3O6S/c1-2-42(38,39)22-12-9-18(10-13-22)24(17-36)34-29(37)20-11-14-25-23(15-20)33-28(19-5-3-6-19)35(25)16-21-7-4-8-26-27(21)41-30(31,32)40-26/h4,7-15,19,24,36H,2-3,5-6,16-17H2,1H3,(H,34,37)/t24-/m0/s1. The van der Waals surface area contributed by atoms with Crippen molar-refractivity contribution in [2.45, 2.75) is 55.9 Å². The molecule has 4 aromatic rings. The lowest BCUT2D eigenvalue weighted by Crippen LogP contribution is -2.30. The van der Waals surface area contributed by atoms with Crippen LogP contribution < -0.4 is 14.8 Å². The van der Waals surface area contributed by atoms with Gasteiger partial charge in [-0.15, -0.1) is 8.78 Å². The summed E-state index contributed by atoms with van der Waals surface area (Å²) in [5, 5.41) is 12.8. The maximum Gasteiger partial charge on any atom is 0.586 e. The molecule has 220 valence electrons. The Balaban J connectivity index is 1.28. The van der Waals surface area contributed by atoms with Gasteiger partial charge in [0.25, 0.3) is 5.91 Å². The van der Waals surface area contributed by atoms with Gasteiger partial charge in [-0.1, -0.05) is 37.6 Å². The van der Waals surface area contributed by atoms with E-state index in [1.165, 1.54) is 18.2 Å². The number of alkyl halides is 2. The number of ether oxygens (including phenoxy) is 2. The highest BCUT2D eigenvalue weighted by Gasteiger charge is 2.44. The van der Waals surface area contributed by atoms with Gasteiger partial charge in [0.05, 0.1) is 40.9 Å². The number of imidazole rings is 1. The molecule has 1 aliphatic carbocycles. The topological polar surface area (TPSA) is 120 Å². The molecular weight excluding hydrogens is 568 g/mol.